The molecule has 2 aromatic carbocycles. The van der Waals surface area contributed by atoms with Crippen molar-refractivity contribution in [3.05, 3.63) is 65.7 Å². The lowest BCUT2D eigenvalue weighted by molar-refractivity contribution is 0.313. The highest BCUT2D eigenvalue weighted by atomic mass is 16.5. The third-order valence-corrected chi connectivity index (χ3v) is 3.29. The summed E-state index contributed by atoms with van der Waals surface area (Å²) in [6.45, 7) is 6.93. The van der Waals surface area contributed by atoms with Crippen LogP contribution in [0.15, 0.2) is 54.6 Å². The van der Waals surface area contributed by atoms with Crippen LogP contribution < -0.4 is 10.1 Å². The van der Waals surface area contributed by atoms with Crippen molar-refractivity contribution < 1.29 is 4.74 Å². The molecule has 0 aliphatic rings. The van der Waals surface area contributed by atoms with Crippen LogP contribution in [-0.4, -0.2) is 13.2 Å². The first-order valence-corrected chi connectivity index (χ1v) is 7.70. The molecule has 112 valence electrons. The van der Waals surface area contributed by atoms with Gasteiger partial charge < -0.3 is 10.1 Å². The van der Waals surface area contributed by atoms with Gasteiger partial charge in [-0.05, 0) is 35.6 Å². The molecule has 1 N–H and O–H groups in total. The number of hydrogen-bond acceptors (Lipinski definition) is 2. The lowest BCUT2D eigenvalue weighted by Crippen LogP contribution is -2.20. The second-order valence-corrected chi connectivity index (χ2v) is 5.75. The fourth-order valence-corrected chi connectivity index (χ4v) is 2.26. The number of rotatable bonds is 8. The molecule has 0 unspecified atom stereocenters. The third-order valence-electron chi connectivity index (χ3n) is 3.29. The van der Waals surface area contributed by atoms with E-state index in [4.69, 9.17) is 4.74 Å². The average Bonchev–Trinajstić information content (AvgIpc) is 2.49. The predicted octanol–water partition coefficient (Wildman–Crippen LogP) is 4.05. The van der Waals surface area contributed by atoms with Crippen molar-refractivity contribution in [2.45, 2.75) is 26.8 Å². The summed E-state index contributed by atoms with van der Waals surface area (Å²) in [6.07, 6.45) is 1.15. The highest BCUT2D eigenvalue weighted by Crippen LogP contribution is 2.10. The summed E-state index contributed by atoms with van der Waals surface area (Å²) >= 11 is 0. The normalized spacial score (nSPS) is 10.8. The molecule has 0 bridgehead atoms. The van der Waals surface area contributed by atoms with Crippen molar-refractivity contribution in [1.29, 1.82) is 0 Å². The molecule has 0 saturated carbocycles. The fraction of sp³-hybridized carbons (Fsp3) is 0.368. The van der Waals surface area contributed by atoms with Crippen LogP contribution in [0.5, 0.6) is 5.75 Å². The van der Waals surface area contributed by atoms with E-state index in [2.05, 4.69) is 43.4 Å². The molecule has 2 aromatic rings. The van der Waals surface area contributed by atoms with Crippen molar-refractivity contribution in [1.82, 2.24) is 5.32 Å². The van der Waals surface area contributed by atoms with E-state index in [-0.39, 0.29) is 0 Å². The summed E-state index contributed by atoms with van der Waals surface area (Å²) < 4.78 is 5.64. The van der Waals surface area contributed by atoms with Crippen molar-refractivity contribution in [3.8, 4) is 5.75 Å². The second kappa shape index (κ2) is 8.48. The minimum atomic E-state index is 0.690. The van der Waals surface area contributed by atoms with Crippen molar-refractivity contribution in [2.24, 2.45) is 5.92 Å². The average molecular weight is 283 g/mol. The van der Waals surface area contributed by atoms with Gasteiger partial charge in [-0.2, -0.15) is 0 Å². The monoisotopic (exact) mass is 283 g/mol. The highest BCUT2D eigenvalue weighted by Gasteiger charge is 1.98. The first-order chi connectivity index (χ1) is 10.2. The summed E-state index contributed by atoms with van der Waals surface area (Å²) in [6, 6.07) is 18.8. The number of benzene rings is 2. The SMILES string of the molecule is CC(C)Cc1ccc(CNCCOc2ccccc2)cc1. The molecule has 0 aromatic heterocycles. The van der Waals surface area contributed by atoms with E-state index in [1.54, 1.807) is 0 Å². The Kier molecular flexibility index (Phi) is 6.29. The van der Waals surface area contributed by atoms with Gasteiger partial charge in [0.2, 0.25) is 0 Å². The number of para-hydroxylation sites is 1. The zero-order valence-electron chi connectivity index (χ0n) is 13.0. The topological polar surface area (TPSA) is 21.3 Å². The van der Waals surface area contributed by atoms with Gasteiger partial charge in [-0.1, -0.05) is 56.3 Å². The van der Waals surface area contributed by atoms with Crippen LogP contribution in [0, 0.1) is 5.92 Å². The molecule has 0 heterocycles. The highest BCUT2D eigenvalue weighted by molar-refractivity contribution is 5.23. The zero-order chi connectivity index (χ0) is 14.9. The summed E-state index contributed by atoms with van der Waals surface area (Å²) in [5, 5.41) is 3.41. The Morgan fingerprint density at radius 3 is 2.24 bits per heavy atom. The van der Waals surface area contributed by atoms with Gasteiger partial charge in [0.1, 0.15) is 12.4 Å². The molecule has 0 atom stereocenters. The molecule has 0 radical (unpaired) electrons. The van der Waals surface area contributed by atoms with Crippen LogP contribution in [-0.2, 0) is 13.0 Å². The Morgan fingerprint density at radius 2 is 1.57 bits per heavy atom. The lowest BCUT2D eigenvalue weighted by atomic mass is 10.0. The summed E-state index contributed by atoms with van der Waals surface area (Å²) in [5.41, 5.74) is 2.74. The lowest BCUT2D eigenvalue weighted by Gasteiger charge is -2.09. The maximum Gasteiger partial charge on any atom is 0.119 e. The fourth-order valence-electron chi connectivity index (χ4n) is 2.26. The molecule has 2 rings (SSSR count). The Bertz CT molecular complexity index is 505. The van der Waals surface area contributed by atoms with E-state index in [9.17, 15) is 0 Å². The molecule has 0 saturated heterocycles. The number of nitrogens with one attached hydrogen (secondary N) is 1. The Hall–Kier alpha value is -1.80. The Balaban J connectivity index is 1.64. The summed E-state index contributed by atoms with van der Waals surface area (Å²) in [7, 11) is 0. The van der Waals surface area contributed by atoms with Crippen molar-refractivity contribution in [2.75, 3.05) is 13.2 Å². The molecule has 21 heavy (non-hydrogen) atoms. The molecule has 0 fully saturated rings. The van der Waals surface area contributed by atoms with Crippen LogP contribution in [0.3, 0.4) is 0 Å². The first-order valence-electron chi connectivity index (χ1n) is 7.70. The standard InChI is InChI=1S/C19H25NO/c1-16(2)14-17-8-10-18(11-9-17)15-20-12-13-21-19-6-4-3-5-7-19/h3-11,16,20H,12-15H2,1-2H3. The van der Waals surface area contributed by atoms with E-state index in [1.807, 2.05) is 30.3 Å². The summed E-state index contributed by atoms with van der Waals surface area (Å²) in [5.74, 6) is 1.64. The van der Waals surface area contributed by atoms with E-state index >= 15 is 0 Å². The van der Waals surface area contributed by atoms with Gasteiger partial charge in [-0.25, -0.2) is 0 Å². The Morgan fingerprint density at radius 1 is 0.905 bits per heavy atom. The first kappa shape index (κ1) is 15.6. The van der Waals surface area contributed by atoms with Gasteiger partial charge >= 0.3 is 0 Å². The molecule has 0 aliphatic heterocycles. The second-order valence-electron chi connectivity index (χ2n) is 5.75. The largest absolute Gasteiger partial charge is 0.492 e. The minimum absolute atomic E-state index is 0.690. The maximum absolute atomic E-state index is 5.64. The van der Waals surface area contributed by atoms with Crippen LogP contribution in [0.1, 0.15) is 25.0 Å². The van der Waals surface area contributed by atoms with Crippen LogP contribution in [0.4, 0.5) is 0 Å². The van der Waals surface area contributed by atoms with Crippen LogP contribution in [0.25, 0.3) is 0 Å². The smallest absolute Gasteiger partial charge is 0.119 e. The van der Waals surface area contributed by atoms with Crippen LogP contribution in [0.2, 0.25) is 0 Å². The third kappa shape index (κ3) is 6.01. The van der Waals surface area contributed by atoms with E-state index in [1.165, 1.54) is 11.1 Å². The molecule has 2 nitrogen and oxygen atoms in total. The quantitative estimate of drug-likeness (QED) is 0.738. The van der Waals surface area contributed by atoms with Gasteiger partial charge in [0, 0.05) is 13.1 Å². The van der Waals surface area contributed by atoms with E-state index in [0.717, 1.165) is 25.3 Å². The molecule has 0 spiro atoms. The van der Waals surface area contributed by atoms with E-state index < -0.39 is 0 Å². The van der Waals surface area contributed by atoms with E-state index in [0.29, 0.717) is 12.5 Å². The summed E-state index contributed by atoms with van der Waals surface area (Å²) in [4.78, 5) is 0. The van der Waals surface area contributed by atoms with Crippen molar-refractivity contribution in [3.63, 3.8) is 0 Å². The van der Waals surface area contributed by atoms with Crippen LogP contribution >= 0.6 is 0 Å². The maximum atomic E-state index is 5.64. The minimum Gasteiger partial charge on any atom is -0.492 e. The molecule has 0 aliphatic carbocycles. The molecule has 0 amide bonds. The predicted molar refractivity (Wildman–Crippen MR) is 88.6 cm³/mol. The number of ether oxygens (including phenoxy) is 1. The van der Waals surface area contributed by atoms with Gasteiger partial charge in [0.15, 0.2) is 0 Å². The van der Waals surface area contributed by atoms with Gasteiger partial charge in [-0.3, -0.25) is 0 Å². The molecular formula is C19H25NO. The van der Waals surface area contributed by atoms with Gasteiger partial charge in [-0.15, -0.1) is 0 Å². The number of hydrogen-bond donors (Lipinski definition) is 1. The van der Waals surface area contributed by atoms with Gasteiger partial charge in [0.25, 0.3) is 0 Å². The molecule has 2 heteroatoms. The zero-order valence-corrected chi connectivity index (χ0v) is 13.0. The Labute approximate surface area is 128 Å². The molecular weight excluding hydrogens is 258 g/mol. The van der Waals surface area contributed by atoms with Crippen molar-refractivity contribution >= 4 is 0 Å². The van der Waals surface area contributed by atoms with Gasteiger partial charge in [0.05, 0.1) is 0 Å².